The molecule has 2 aromatic carbocycles. The van der Waals surface area contributed by atoms with Gasteiger partial charge in [-0.1, -0.05) is 48.5 Å². The number of aliphatic hydroxyl groups is 1. The van der Waals surface area contributed by atoms with Crippen LogP contribution in [0.1, 0.15) is 17.2 Å². The number of hydrogen-bond donors (Lipinski definition) is 2. The normalized spacial score (nSPS) is 11.9. The van der Waals surface area contributed by atoms with Gasteiger partial charge in [0.05, 0.1) is 19.1 Å². The van der Waals surface area contributed by atoms with Gasteiger partial charge >= 0.3 is 0 Å². The van der Waals surface area contributed by atoms with Crippen molar-refractivity contribution >= 4 is 5.91 Å². The van der Waals surface area contributed by atoms with Crippen LogP contribution in [0.15, 0.2) is 54.6 Å². The minimum absolute atomic E-state index is 0.0456. The highest BCUT2D eigenvalue weighted by molar-refractivity contribution is 5.79. The van der Waals surface area contributed by atoms with Crippen LogP contribution in [0.4, 0.5) is 4.39 Å². The monoisotopic (exact) mass is 273 g/mol. The zero-order valence-electron chi connectivity index (χ0n) is 10.9. The highest BCUT2D eigenvalue weighted by Gasteiger charge is 2.14. The molecule has 104 valence electrons. The van der Waals surface area contributed by atoms with Crippen LogP contribution < -0.4 is 5.32 Å². The second-order valence-electron chi connectivity index (χ2n) is 4.48. The van der Waals surface area contributed by atoms with Crippen molar-refractivity contribution < 1.29 is 14.3 Å². The second-order valence-corrected chi connectivity index (χ2v) is 4.48. The first-order valence-electron chi connectivity index (χ1n) is 6.39. The third kappa shape index (κ3) is 3.65. The van der Waals surface area contributed by atoms with Crippen molar-refractivity contribution in [1.29, 1.82) is 0 Å². The fourth-order valence-electron chi connectivity index (χ4n) is 1.98. The lowest BCUT2D eigenvalue weighted by atomic mass is 10.1. The molecule has 2 aromatic rings. The molecule has 0 heterocycles. The predicted octanol–water partition coefficient (Wildman–Crippen LogP) is 2.22. The first-order valence-corrected chi connectivity index (χ1v) is 6.39. The Labute approximate surface area is 117 Å². The summed E-state index contributed by atoms with van der Waals surface area (Å²) in [5.41, 5.74) is 1.16. The molecule has 0 bridgehead atoms. The van der Waals surface area contributed by atoms with Crippen LogP contribution in [-0.2, 0) is 11.2 Å². The van der Waals surface area contributed by atoms with Gasteiger partial charge in [0.1, 0.15) is 5.82 Å². The number of hydrogen-bond acceptors (Lipinski definition) is 2. The Kier molecular flexibility index (Phi) is 4.85. The van der Waals surface area contributed by atoms with E-state index in [1.807, 2.05) is 30.3 Å². The Balaban J connectivity index is 2.02. The average Bonchev–Trinajstić information content (AvgIpc) is 2.48. The van der Waals surface area contributed by atoms with Gasteiger partial charge in [0.2, 0.25) is 5.91 Å². The van der Waals surface area contributed by atoms with Gasteiger partial charge in [0, 0.05) is 0 Å². The minimum Gasteiger partial charge on any atom is -0.394 e. The summed E-state index contributed by atoms with van der Waals surface area (Å²) < 4.78 is 13.5. The zero-order valence-corrected chi connectivity index (χ0v) is 10.9. The van der Waals surface area contributed by atoms with E-state index in [-0.39, 0.29) is 18.9 Å². The van der Waals surface area contributed by atoms with E-state index in [1.165, 1.54) is 6.07 Å². The van der Waals surface area contributed by atoms with Gasteiger partial charge in [-0.25, -0.2) is 4.39 Å². The summed E-state index contributed by atoms with van der Waals surface area (Å²) in [6, 6.07) is 14.9. The van der Waals surface area contributed by atoms with Crippen molar-refractivity contribution in [1.82, 2.24) is 5.32 Å². The lowest BCUT2D eigenvalue weighted by Gasteiger charge is -2.16. The fraction of sp³-hybridized carbons (Fsp3) is 0.188. The quantitative estimate of drug-likeness (QED) is 0.877. The van der Waals surface area contributed by atoms with Crippen LogP contribution in [0.5, 0.6) is 0 Å². The molecule has 0 saturated carbocycles. The van der Waals surface area contributed by atoms with Gasteiger partial charge in [0.25, 0.3) is 0 Å². The molecule has 3 nitrogen and oxygen atoms in total. The molecule has 2 rings (SSSR count). The van der Waals surface area contributed by atoms with Gasteiger partial charge < -0.3 is 10.4 Å². The first kappa shape index (κ1) is 14.2. The molecule has 0 unspecified atom stereocenters. The summed E-state index contributed by atoms with van der Waals surface area (Å²) in [4.78, 5) is 11.9. The molecule has 1 atom stereocenters. The Bertz CT molecular complexity index is 572. The van der Waals surface area contributed by atoms with E-state index in [0.717, 1.165) is 5.56 Å². The topological polar surface area (TPSA) is 49.3 Å². The smallest absolute Gasteiger partial charge is 0.225 e. The van der Waals surface area contributed by atoms with E-state index in [0.29, 0.717) is 5.56 Å². The van der Waals surface area contributed by atoms with E-state index < -0.39 is 11.9 Å². The van der Waals surface area contributed by atoms with Crippen molar-refractivity contribution in [3.63, 3.8) is 0 Å². The number of amides is 1. The zero-order chi connectivity index (χ0) is 14.4. The fourth-order valence-corrected chi connectivity index (χ4v) is 1.98. The SMILES string of the molecule is O=C(Cc1ccccc1F)N[C@@H](CO)c1ccccc1. The summed E-state index contributed by atoms with van der Waals surface area (Å²) in [5, 5.41) is 12.1. The number of halogens is 1. The van der Waals surface area contributed by atoms with Crippen molar-refractivity contribution in [2.24, 2.45) is 0 Å². The Morgan fingerprint density at radius 2 is 1.75 bits per heavy atom. The summed E-state index contributed by atoms with van der Waals surface area (Å²) in [5.74, 6) is -0.721. The third-order valence-corrected chi connectivity index (χ3v) is 3.03. The molecule has 0 aliphatic rings. The molecule has 20 heavy (non-hydrogen) atoms. The Morgan fingerprint density at radius 1 is 1.10 bits per heavy atom. The summed E-state index contributed by atoms with van der Waals surface area (Å²) >= 11 is 0. The number of rotatable bonds is 5. The molecule has 1 amide bonds. The predicted molar refractivity (Wildman–Crippen MR) is 74.5 cm³/mol. The van der Waals surface area contributed by atoms with E-state index in [2.05, 4.69) is 5.32 Å². The van der Waals surface area contributed by atoms with Gasteiger partial charge in [-0.15, -0.1) is 0 Å². The Morgan fingerprint density at radius 3 is 2.40 bits per heavy atom. The third-order valence-electron chi connectivity index (χ3n) is 3.03. The van der Waals surface area contributed by atoms with Crippen molar-refractivity contribution in [2.45, 2.75) is 12.5 Å². The first-order chi connectivity index (χ1) is 9.70. The van der Waals surface area contributed by atoms with Gasteiger partial charge in [-0.2, -0.15) is 0 Å². The molecular weight excluding hydrogens is 257 g/mol. The van der Waals surface area contributed by atoms with Crippen LogP contribution in [0, 0.1) is 5.82 Å². The molecule has 0 aliphatic carbocycles. The molecule has 0 fully saturated rings. The van der Waals surface area contributed by atoms with Crippen LogP contribution in [0.25, 0.3) is 0 Å². The van der Waals surface area contributed by atoms with Crippen molar-refractivity contribution in [3.8, 4) is 0 Å². The van der Waals surface area contributed by atoms with E-state index in [1.54, 1.807) is 18.2 Å². The molecule has 0 radical (unpaired) electrons. The number of carbonyl (C=O) groups excluding carboxylic acids is 1. The van der Waals surface area contributed by atoms with E-state index in [9.17, 15) is 14.3 Å². The maximum absolute atomic E-state index is 13.5. The largest absolute Gasteiger partial charge is 0.394 e. The molecular formula is C16H16FNO2. The Hall–Kier alpha value is -2.20. The second kappa shape index (κ2) is 6.82. The van der Waals surface area contributed by atoms with E-state index in [4.69, 9.17) is 0 Å². The molecule has 0 spiro atoms. The number of aliphatic hydroxyl groups excluding tert-OH is 1. The van der Waals surface area contributed by atoms with Crippen LogP contribution in [0.3, 0.4) is 0 Å². The van der Waals surface area contributed by atoms with Crippen LogP contribution in [0.2, 0.25) is 0 Å². The average molecular weight is 273 g/mol. The van der Waals surface area contributed by atoms with Crippen molar-refractivity contribution in [2.75, 3.05) is 6.61 Å². The summed E-state index contributed by atoms with van der Waals surface area (Å²) in [6.07, 6.45) is -0.0456. The van der Waals surface area contributed by atoms with Gasteiger partial charge in [-0.05, 0) is 17.2 Å². The highest BCUT2D eigenvalue weighted by atomic mass is 19.1. The van der Waals surface area contributed by atoms with Gasteiger partial charge in [-0.3, -0.25) is 4.79 Å². The lowest BCUT2D eigenvalue weighted by Crippen LogP contribution is -2.32. The van der Waals surface area contributed by atoms with E-state index >= 15 is 0 Å². The summed E-state index contributed by atoms with van der Waals surface area (Å²) in [6.45, 7) is -0.201. The molecule has 2 N–H and O–H groups in total. The maximum Gasteiger partial charge on any atom is 0.225 e. The number of benzene rings is 2. The molecule has 0 aromatic heterocycles. The molecule has 0 aliphatic heterocycles. The highest BCUT2D eigenvalue weighted by Crippen LogP contribution is 2.13. The number of carbonyl (C=O) groups is 1. The summed E-state index contributed by atoms with van der Waals surface area (Å²) in [7, 11) is 0. The minimum atomic E-state index is -0.476. The standard InChI is InChI=1S/C16H16FNO2/c17-14-9-5-4-8-13(14)10-16(20)18-15(11-19)12-6-2-1-3-7-12/h1-9,15,19H,10-11H2,(H,18,20)/t15-/m0/s1. The maximum atomic E-state index is 13.5. The molecule has 0 saturated heterocycles. The number of nitrogens with one attached hydrogen (secondary N) is 1. The van der Waals surface area contributed by atoms with Crippen LogP contribution in [-0.4, -0.2) is 17.6 Å². The van der Waals surface area contributed by atoms with Crippen molar-refractivity contribution in [3.05, 3.63) is 71.5 Å². The van der Waals surface area contributed by atoms with Crippen LogP contribution >= 0.6 is 0 Å². The van der Waals surface area contributed by atoms with Gasteiger partial charge in [0.15, 0.2) is 0 Å². The molecule has 4 heteroatoms. The lowest BCUT2D eigenvalue weighted by molar-refractivity contribution is -0.121.